The molecule has 0 N–H and O–H groups in total. The molecule has 1 saturated heterocycles. The van der Waals surface area contributed by atoms with Gasteiger partial charge in [0.25, 0.3) is 0 Å². The van der Waals surface area contributed by atoms with Gasteiger partial charge in [-0.2, -0.15) is 0 Å². The lowest BCUT2D eigenvalue weighted by Gasteiger charge is -2.34. The van der Waals surface area contributed by atoms with E-state index in [0.717, 1.165) is 32.7 Å². The number of hydrogen-bond donors (Lipinski definition) is 0. The smallest absolute Gasteiger partial charge is 0.118 e. The summed E-state index contributed by atoms with van der Waals surface area (Å²) in [7, 11) is 3.39. The highest BCUT2D eigenvalue weighted by Gasteiger charge is 2.32. The zero-order valence-electron chi connectivity index (χ0n) is 18.8. The number of thioether (sulfide) groups is 2. The average Bonchev–Trinajstić information content (AvgIpc) is 2.88. The van der Waals surface area contributed by atoms with Crippen LogP contribution in [-0.2, 0) is 4.08 Å². The van der Waals surface area contributed by atoms with Crippen molar-refractivity contribution in [1.82, 2.24) is 0 Å². The monoisotopic (exact) mass is 538 g/mol. The van der Waals surface area contributed by atoms with Crippen molar-refractivity contribution in [2.45, 2.75) is 10.5 Å². The van der Waals surface area contributed by atoms with Crippen LogP contribution in [0.1, 0.15) is 23.1 Å². The molecule has 0 aromatic heterocycles. The van der Waals surface area contributed by atoms with E-state index < -0.39 is 0 Å². The SMILES string of the molecule is COc1ccc(C(=C/C=C/C2(c3ccc(Br)cc3)SCCCS2)c2ccc(OC)cc2)cc1. The van der Waals surface area contributed by atoms with E-state index in [1.165, 1.54) is 23.5 Å². The number of hydrogen-bond acceptors (Lipinski definition) is 4. The Labute approximate surface area is 213 Å². The standard InChI is InChI=1S/C28H27BrO2S2/c1-30-25-14-6-21(7-15-25)27(22-8-16-26(31-2)17-9-22)5-3-18-28(32-19-4-20-33-28)23-10-12-24(29)13-11-23/h3,5-18H,4,19-20H2,1-2H3/b18-3+. The third-order valence-electron chi connectivity index (χ3n) is 5.55. The van der Waals surface area contributed by atoms with Crippen molar-refractivity contribution in [2.24, 2.45) is 0 Å². The van der Waals surface area contributed by atoms with Crippen LogP contribution in [0.2, 0.25) is 0 Å². The number of allylic oxidation sites excluding steroid dienone is 2. The van der Waals surface area contributed by atoms with Crippen LogP contribution in [0.5, 0.6) is 11.5 Å². The minimum Gasteiger partial charge on any atom is -0.497 e. The van der Waals surface area contributed by atoms with E-state index in [9.17, 15) is 0 Å². The number of halogens is 1. The minimum absolute atomic E-state index is 0.0691. The van der Waals surface area contributed by atoms with Gasteiger partial charge in [0.2, 0.25) is 0 Å². The average molecular weight is 540 g/mol. The number of benzene rings is 3. The number of ether oxygens (including phenoxy) is 2. The molecule has 2 nitrogen and oxygen atoms in total. The van der Waals surface area contributed by atoms with Crippen LogP contribution in [0.3, 0.4) is 0 Å². The summed E-state index contributed by atoms with van der Waals surface area (Å²) in [5.74, 6) is 4.04. The molecular weight excluding hydrogens is 512 g/mol. The van der Waals surface area contributed by atoms with Crippen LogP contribution in [0.25, 0.3) is 5.57 Å². The molecule has 3 aromatic rings. The molecule has 0 spiro atoms. The number of rotatable bonds is 7. The number of methoxy groups -OCH3 is 2. The molecule has 0 atom stereocenters. The summed E-state index contributed by atoms with van der Waals surface area (Å²) in [6, 6.07) is 25.2. The van der Waals surface area contributed by atoms with Gasteiger partial charge in [-0.3, -0.25) is 0 Å². The Kier molecular flexibility index (Phi) is 8.29. The van der Waals surface area contributed by atoms with Gasteiger partial charge in [-0.15, -0.1) is 23.5 Å². The Bertz CT molecular complexity index is 1050. The van der Waals surface area contributed by atoms with Crippen LogP contribution >= 0.6 is 39.5 Å². The predicted octanol–water partition coefficient (Wildman–Crippen LogP) is 8.18. The van der Waals surface area contributed by atoms with E-state index in [1.807, 2.05) is 47.8 Å². The maximum absolute atomic E-state index is 5.36. The quantitative estimate of drug-likeness (QED) is 0.282. The van der Waals surface area contributed by atoms with Crippen LogP contribution < -0.4 is 9.47 Å². The molecule has 3 aromatic carbocycles. The van der Waals surface area contributed by atoms with Crippen molar-refractivity contribution < 1.29 is 9.47 Å². The van der Waals surface area contributed by atoms with Crippen molar-refractivity contribution in [3.8, 4) is 11.5 Å². The molecule has 170 valence electrons. The predicted molar refractivity (Wildman–Crippen MR) is 148 cm³/mol. The molecule has 4 rings (SSSR count). The normalized spacial score (nSPS) is 15.2. The Hall–Kier alpha value is -2.08. The molecule has 0 aliphatic carbocycles. The van der Waals surface area contributed by atoms with E-state index in [1.54, 1.807) is 14.2 Å². The molecule has 1 fully saturated rings. The Morgan fingerprint density at radius 2 is 1.30 bits per heavy atom. The van der Waals surface area contributed by atoms with Gasteiger partial charge in [0.05, 0.1) is 14.2 Å². The lowest BCUT2D eigenvalue weighted by molar-refractivity contribution is 0.414. The highest BCUT2D eigenvalue weighted by atomic mass is 79.9. The molecule has 0 amide bonds. The van der Waals surface area contributed by atoms with E-state index in [2.05, 4.69) is 82.7 Å². The molecular formula is C28H27BrO2S2. The van der Waals surface area contributed by atoms with Gasteiger partial charge in [0.15, 0.2) is 0 Å². The maximum Gasteiger partial charge on any atom is 0.118 e. The second kappa shape index (κ2) is 11.4. The first-order valence-corrected chi connectivity index (χ1v) is 13.6. The first-order valence-electron chi connectivity index (χ1n) is 10.9. The topological polar surface area (TPSA) is 18.5 Å². The van der Waals surface area contributed by atoms with E-state index in [0.29, 0.717) is 0 Å². The zero-order valence-corrected chi connectivity index (χ0v) is 22.0. The summed E-state index contributed by atoms with van der Waals surface area (Å²) in [5.41, 5.74) is 4.79. The van der Waals surface area contributed by atoms with E-state index in [-0.39, 0.29) is 4.08 Å². The van der Waals surface area contributed by atoms with Gasteiger partial charge in [-0.25, -0.2) is 0 Å². The Balaban J connectivity index is 1.72. The van der Waals surface area contributed by atoms with Gasteiger partial charge in [0.1, 0.15) is 15.6 Å². The molecule has 0 bridgehead atoms. The summed E-state index contributed by atoms with van der Waals surface area (Å²) in [6.07, 6.45) is 8.05. The first-order chi connectivity index (χ1) is 16.1. The fraction of sp³-hybridized carbons (Fsp3) is 0.214. The lowest BCUT2D eigenvalue weighted by atomic mass is 9.97. The van der Waals surface area contributed by atoms with Gasteiger partial charge in [-0.1, -0.05) is 70.6 Å². The van der Waals surface area contributed by atoms with Gasteiger partial charge >= 0.3 is 0 Å². The largest absolute Gasteiger partial charge is 0.497 e. The molecule has 0 saturated carbocycles. The third-order valence-corrected chi connectivity index (χ3v) is 9.37. The van der Waals surface area contributed by atoms with E-state index in [4.69, 9.17) is 9.47 Å². The summed E-state index contributed by atoms with van der Waals surface area (Å²) in [5, 5.41) is 0. The van der Waals surface area contributed by atoms with Crippen molar-refractivity contribution in [3.05, 3.63) is 112 Å². The molecule has 1 heterocycles. The summed E-state index contributed by atoms with van der Waals surface area (Å²) in [4.78, 5) is 0. The minimum atomic E-state index is -0.0691. The molecule has 1 aliphatic rings. The summed E-state index contributed by atoms with van der Waals surface area (Å²) in [6.45, 7) is 0. The second-order valence-electron chi connectivity index (χ2n) is 7.62. The van der Waals surface area contributed by atoms with Gasteiger partial charge in [0, 0.05) is 4.47 Å². The first kappa shape index (κ1) is 24.1. The van der Waals surface area contributed by atoms with Crippen LogP contribution in [0, 0.1) is 0 Å². The lowest BCUT2D eigenvalue weighted by Crippen LogP contribution is -2.20. The van der Waals surface area contributed by atoms with Crippen LogP contribution in [0.15, 0.2) is 95.5 Å². The Morgan fingerprint density at radius 1 is 0.788 bits per heavy atom. The van der Waals surface area contributed by atoms with E-state index >= 15 is 0 Å². The Morgan fingerprint density at radius 3 is 1.79 bits per heavy atom. The fourth-order valence-corrected chi connectivity index (χ4v) is 7.18. The molecule has 1 aliphatic heterocycles. The molecule has 0 radical (unpaired) electrons. The van der Waals surface area contributed by atoms with Crippen molar-refractivity contribution >= 4 is 45.0 Å². The van der Waals surface area contributed by atoms with Crippen LogP contribution in [-0.4, -0.2) is 25.7 Å². The highest BCUT2D eigenvalue weighted by Crippen LogP contribution is 2.51. The molecule has 33 heavy (non-hydrogen) atoms. The summed E-state index contributed by atoms with van der Waals surface area (Å²) < 4.78 is 11.8. The summed E-state index contributed by atoms with van der Waals surface area (Å²) >= 11 is 7.61. The van der Waals surface area contributed by atoms with Crippen molar-refractivity contribution in [1.29, 1.82) is 0 Å². The molecule has 5 heteroatoms. The molecule has 0 unspecified atom stereocenters. The van der Waals surface area contributed by atoms with Gasteiger partial charge < -0.3 is 9.47 Å². The zero-order chi connectivity index (χ0) is 23.1. The van der Waals surface area contributed by atoms with Gasteiger partial charge in [-0.05, 0) is 76.6 Å². The maximum atomic E-state index is 5.36. The fourth-order valence-electron chi connectivity index (χ4n) is 3.76. The van der Waals surface area contributed by atoms with Crippen molar-refractivity contribution in [3.63, 3.8) is 0 Å². The second-order valence-corrected chi connectivity index (χ2v) is 11.5. The van der Waals surface area contributed by atoms with Crippen LogP contribution in [0.4, 0.5) is 0 Å². The highest BCUT2D eigenvalue weighted by molar-refractivity contribution is 9.10. The van der Waals surface area contributed by atoms with Crippen molar-refractivity contribution in [2.75, 3.05) is 25.7 Å². The third kappa shape index (κ3) is 5.89.